The summed E-state index contributed by atoms with van der Waals surface area (Å²) in [6.07, 6.45) is 3.71. The van der Waals surface area contributed by atoms with Crippen molar-refractivity contribution in [1.82, 2.24) is 0 Å². The van der Waals surface area contributed by atoms with Crippen LogP contribution in [-0.2, 0) is 14.9 Å². The number of hydrogen-bond donors (Lipinski definition) is 2. The summed E-state index contributed by atoms with van der Waals surface area (Å²) in [4.78, 5) is 23.1. The summed E-state index contributed by atoms with van der Waals surface area (Å²) in [7, 11) is -4.64. The van der Waals surface area contributed by atoms with Gasteiger partial charge in [-0.05, 0) is 18.6 Å². The van der Waals surface area contributed by atoms with Crippen LogP contribution in [-0.4, -0.2) is 31.3 Å². The van der Waals surface area contributed by atoms with Crippen molar-refractivity contribution in [2.75, 3.05) is 6.54 Å². The van der Waals surface area contributed by atoms with Crippen LogP contribution in [0.25, 0.3) is 0 Å². The molecule has 0 spiro atoms. The quantitative estimate of drug-likeness (QED) is 0.231. The molecule has 0 heterocycles. The highest BCUT2D eigenvalue weighted by Gasteiger charge is 2.25. The molecular weight excluding hydrogens is 322 g/mol. The lowest BCUT2D eigenvalue weighted by atomic mass is 10.1. The van der Waals surface area contributed by atoms with Crippen molar-refractivity contribution in [3.05, 3.63) is 23.8 Å². The van der Waals surface area contributed by atoms with E-state index < -0.39 is 38.9 Å². The van der Waals surface area contributed by atoms with Crippen molar-refractivity contribution in [1.29, 1.82) is 0 Å². The first-order valence-corrected chi connectivity index (χ1v) is 8.79. The van der Waals surface area contributed by atoms with Crippen LogP contribution in [0.4, 0.5) is 0 Å². The van der Waals surface area contributed by atoms with Crippen molar-refractivity contribution in [3.8, 4) is 5.75 Å². The third-order valence-electron chi connectivity index (χ3n) is 3.19. The molecule has 0 saturated carbocycles. The monoisotopic (exact) mass is 343 g/mol. The molecule has 1 aromatic rings. The highest BCUT2D eigenvalue weighted by Crippen LogP contribution is 2.27. The topological polar surface area (TPSA) is 124 Å². The van der Waals surface area contributed by atoms with Gasteiger partial charge in [-0.25, -0.2) is 0 Å². The highest BCUT2D eigenvalue weighted by atomic mass is 32.2. The summed E-state index contributed by atoms with van der Waals surface area (Å²) in [6.45, 7) is 1.57. The molecule has 0 amide bonds. The Kier molecular flexibility index (Phi) is 7.34. The maximum absolute atomic E-state index is 11.9. The lowest BCUT2D eigenvalue weighted by molar-refractivity contribution is -0.134. The number of rotatable bonds is 9. The molecule has 128 valence electrons. The predicted octanol–water partition coefficient (Wildman–Crippen LogP) is 1.95. The van der Waals surface area contributed by atoms with Crippen molar-refractivity contribution < 1.29 is 27.3 Å². The molecule has 1 aromatic carbocycles. The zero-order valence-corrected chi connectivity index (χ0v) is 13.8. The third-order valence-corrected chi connectivity index (χ3v) is 4.08. The first kappa shape index (κ1) is 19.3. The van der Waals surface area contributed by atoms with Gasteiger partial charge in [0.25, 0.3) is 10.1 Å². The smallest absolute Gasteiger partial charge is 0.311 e. The molecular formula is C15H21NO6S. The van der Waals surface area contributed by atoms with Crippen LogP contribution in [0.5, 0.6) is 5.75 Å². The second-order valence-electron chi connectivity index (χ2n) is 5.02. The standard InChI is InChI=1S/C15H21NO6S/c1-2-3-4-5-9-14(18)22-12-7-6-8-13(23(19,20)21)15(12)11(17)10-16/h6-8H,2-5,9-10,16H2,1H3,(H,19,20,21). The van der Waals surface area contributed by atoms with Crippen molar-refractivity contribution in [2.24, 2.45) is 5.73 Å². The Labute approximate surface area is 135 Å². The van der Waals surface area contributed by atoms with Crippen molar-refractivity contribution >= 4 is 21.9 Å². The molecule has 0 aromatic heterocycles. The molecule has 0 aliphatic carbocycles. The molecule has 1 rings (SSSR count). The number of ketones is 1. The summed E-state index contributed by atoms with van der Waals surface area (Å²) in [5.41, 5.74) is 4.86. The molecule has 23 heavy (non-hydrogen) atoms. The first-order chi connectivity index (χ1) is 10.8. The van der Waals surface area contributed by atoms with Gasteiger partial charge in [0.05, 0.1) is 12.1 Å². The Bertz CT molecular complexity index is 669. The molecule has 0 saturated heterocycles. The van der Waals surface area contributed by atoms with E-state index in [9.17, 15) is 22.6 Å². The lowest BCUT2D eigenvalue weighted by Gasteiger charge is -2.11. The van der Waals surface area contributed by atoms with Crippen LogP contribution in [0.1, 0.15) is 49.4 Å². The van der Waals surface area contributed by atoms with Gasteiger partial charge in [0.1, 0.15) is 10.6 Å². The summed E-state index contributed by atoms with van der Waals surface area (Å²) >= 11 is 0. The fourth-order valence-corrected chi connectivity index (χ4v) is 2.78. The van der Waals surface area contributed by atoms with Gasteiger partial charge in [-0.15, -0.1) is 0 Å². The van der Waals surface area contributed by atoms with E-state index in [1.165, 1.54) is 12.1 Å². The van der Waals surface area contributed by atoms with Crippen LogP contribution in [0.3, 0.4) is 0 Å². The Balaban J connectivity index is 3.02. The summed E-state index contributed by atoms with van der Waals surface area (Å²) in [6, 6.07) is 3.62. The van der Waals surface area contributed by atoms with E-state index in [1.807, 2.05) is 6.92 Å². The van der Waals surface area contributed by atoms with E-state index in [2.05, 4.69) is 0 Å². The fraction of sp³-hybridized carbons (Fsp3) is 0.467. The van der Waals surface area contributed by atoms with Crippen LogP contribution >= 0.6 is 0 Å². The maximum Gasteiger partial charge on any atom is 0.311 e. The van der Waals surface area contributed by atoms with E-state index in [-0.39, 0.29) is 12.2 Å². The highest BCUT2D eigenvalue weighted by molar-refractivity contribution is 7.86. The van der Waals surface area contributed by atoms with Gasteiger partial charge >= 0.3 is 5.97 Å². The van der Waals surface area contributed by atoms with Gasteiger partial charge in [0.2, 0.25) is 0 Å². The second kappa shape index (κ2) is 8.76. The number of benzene rings is 1. The Morgan fingerprint density at radius 1 is 1.22 bits per heavy atom. The van der Waals surface area contributed by atoms with E-state index in [1.54, 1.807) is 0 Å². The summed E-state index contributed by atoms with van der Waals surface area (Å²) in [5.74, 6) is -1.53. The molecule has 0 aliphatic heterocycles. The molecule has 0 bridgehead atoms. The van der Waals surface area contributed by atoms with Gasteiger partial charge in [0.15, 0.2) is 5.78 Å². The zero-order chi connectivity index (χ0) is 17.5. The Morgan fingerprint density at radius 2 is 1.91 bits per heavy atom. The number of nitrogens with two attached hydrogens (primary N) is 1. The predicted molar refractivity (Wildman–Crippen MR) is 84.0 cm³/mol. The molecule has 0 aliphatic rings. The normalized spacial score (nSPS) is 11.3. The van der Waals surface area contributed by atoms with E-state index in [0.29, 0.717) is 6.42 Å². The molecule has 7 nitrogen and oxygen atoms in total. The van der Waals surface area contributed by atoms with Gasteiger partial charge in [0, 0.05) is 6.42 Å². The molecule has 8 heteroatoms. The number of unbranched alkanes of at least 4 members (excludes halogenated alkanes) is 3. The number of esters is 1. The average molecular weight is 343 g/mol. The van der Waals surface area contributed by atoms with E-state index >= 15 is 0 Å². The fourth-order valence-electron chi connectivity index (χ4n) is 2.06. The number of carbonyl (C=O) groups excluding carboxylic acids is 2. The second-order valence-corrected chi connectivity index (χ2v) is 6.41. The maximum atomic E-state index is 11.9. The van der Waals surface area contributed by atoms with Gasteiger partial charge in [-0.3, -0.25) is 14.1 Å². The van der Waals surface area contributed by atoms with Gasteiger partial charge < -0.3 is 10.5 Å². The number of Topliss-reactive ketones (excluding diaryl/α,β-unsaturated/α-hetero) is 1. The number of carbonyl (C=O) groups is 2. The summed E-state index contributed by atoms with van der Waals surface area (Å²) < 4.78 is 37.1. The zero-order valence-electron chi connectivity index (χ0n) is 12.9. The first-order valence-electron chi connectivity index (χ1n) is 7.35. The summed E-state index contributed by atoms with van der Waals surface area (Å²) in [5, 5.41) is 0. The van der Waals surface area contributed by atoms with Crippen LogP contribution in [0.15, 0.2) is 23.1 Å². The number of ether oxygens (including phenoxy) is 1. The third kappa shape index (κ3) is 5.74. The molecule has 0 radical (unpaired) electrons. The van der Waals surface area contributed by atoms with Crippen molar-refractivity contribution in [3.63, 3.8) is 0 Å². The minimum Gasteiger partial charge on any atom is -0.426 e. The number of hydrogen-bond acceptors (Lipinski definition) is 6. The lowest BCUT2D eigenvalue weighted by Crippen LogP contribution is -2.20. The van der Waals surface area contributed by atoms with Crippen LogP contribution in [0, 0.1) is 0 Å². The van der Waals surface area contributed by atoms with E-state index in [4.69, 9.17) is 10.5 Å². The average Bonchev–Trinajstić information content (AvgIpc) is 2.49. The van der Waals surface area contributed by atoms with Crippen LogP contribution in [0.2, 0.25) is 0 Å². The van der Waals surface area contributed by atoms with Gasteiger partial charge in [-0.1, -0.05) is 32.3 Å². The van der Waals surface area contributed by atoms with Crippen molar-refractivity contribution in [2.45, 2.75) is 43.9 Å². The SMILES string of the molecule is CCCCCCC(=O)Oc1cccc(S(=O)(=O)O)c1C(=O)CN. The largest absolute Gasteiger partial charge is 0.426 e. The molecule has 3 N–H and O–H groups in total. The Hall–Kier alpha value is -1.77. The minimum absolute atomic E-state index is 0.159. The van der Waals surface area contributed by atoms with E-state index in [0.717, 1.165) is 25.3 Å². The molecule has 0 atom stereocenters. The molecule has 0 unspecified atom stereocenters. The van der Waals surface area contributed by atoms with Crippen LogP contribution < -0.4 is 10.5 Å². The Morgan fingerprint density at radius 3 is 2.48 bits per heavy atom. The molecule has 0 fully saturated rings. The van der Waals surface area contributed by atoms with Gasteiger partial charge in [-0.2, -0.15) is 8.42 Å². The minimum atomic E-state index is -4.64.